The molecule has 0 aliphatic heterocycles. The van der Waals surface area contributed by atoms with Gasteiger partial charge in [-0.15, -0.1) is 0 Å². The number of methoxy groups -OCH3 is 2. The van der Waals surface area contributed by atoms with Crippen LogP contribution in [-0.2, 0) is 0 Å². The Balaban J connectivity index is 2.60. The molecule has 2 rings (SSSR count). The summed E-state index contributed by atoms with van der Waals surface area (Å²) < 4.78 is 13.7. The van der Waals surface area contributed by atoms with Crippen LogP contribution in [0.1, 0.15) is 37.2 Å². The van der Waals surface area contributed by atoms with Crippen molar-refractivity contribution in [2.75, 3.05) is 14.2 Å². The van der Waals surface area contributed by atoms with Gasteiger partial charge in [-0.1, -0.05) is 6.07 Å². The Hall–Kier alpha value is -1.53. The molecule has 6 heteroatoms. The van der Waals surface area contributed by atoms with Crippen molar-refractivity contribution in [3.05, 3.63) is 40.1 Å². The fourth-order valence-corrected chi connectivity index (χ4v) is 2.90. The molecule has 1 heterocycles. The fraction of sp³-hybridized carbons (Fsp3) is 0.400. The van der Waals surface area contributed by atoms with Crippen LogP contribution in [0.2, 0.25) is 0 Å². The molecule has 0 radical (unpaired) electrons. The molecule has 114 valence electrons. The van der Waals surface area contributed by atoms with Gasteiger partial charge >= 0.3 is 0 Å². The highest BCUT2D eigenvalue weighted by atomic mass is 79.9. The topological polar surface area (TPSA) is 62.3 Å². The zero-order valence-electron chi connectivity index (χ0n) is 12.6. The molecule has 1 aromatic carbocycles. The van der Waals surface area contributed by atoms with E-state index in [1.165, 1.54) is 0 Å². The first-order valence-electron chi connectivity index (χ1n) is 6.70. The van der Waals surface area contributed by atoms with E-state index in [-0.39, 0.29) is 6.04 Å². The van der Waals surface area contributed by atoms with Gasteiger partial charge in [0, 0.05) is 6.04 Å². The van der Waals surface area contributed by atoms with E-state index in [1.807, 2.05) is 22.9 Å². The fourth-order valence-electron chi connectivity index (χ4n) is 2.38. The molecule has 1 unspecified atom stereocenters. The summed E-state index contributed by atoms with van der Waals surface area (Å²) in [5, 5.41) is 4.38. The third-order valence-electron chi connectivity index (χ3n) is 3.35. The van der Waals surface area contributed by atoms with Crippen molar-refractivity contribution in [1.29, 1.82) is 0 Å². The van der Waals surface area contributed by atoms with Crippen LogP contribution in [-0.4, -0.2) is 24.0 Å². The molecule has 1 aromatic heterocycles. The highest BCUT2D eigenvalue weighted by Crippen LogP contribution is 2.38. The predicted octanol–water partition coefficient (Wildman–Crippen LogP) is 3.29. The number of aromatic nitrogens is 2. The zero-order valence-corrected chi connectivity index (χ0v) is 14.2. The van der Waals surface area contributed by atoms with Crippen molar-refractivity contribution < 1.29 is 9.47 Å². The van der Waals surface area contributed by atoms with Crippen LogP contribution in [0.25, 0.3) is 0 Å². The van der Waals surface area contributed by atoms with Gasteiger partial charge in [0.05, 0.1) is 42.2 Å². The Kier molecular flexibility index (Phi) is 4.90. The van der Waals surface area contributed by atoms with Crippen molar-refractivity contribution >= 4 is 15.9 Å². The number of nitrogens with zero attached hydrogens (tertiary/aromatic N) is 2. The van der Waals surface area contributed by atoms with E-state index in [1.54, 1.807) is 20.4 Å². The van der Waals surface area contributed by atoms with Crippen LogP contribution in [0.5, 0.6) is 11.5 Å². The van der Waals surface area contributed by atoms with Crippen molar-refractivity contribution in [1.82, 2.24) is 9.78 Å². The third kappa shape index (κ3) is 2.91. The monoisotopic (exact) mass is 353 g/mol. The molecule has 21 heavy (non-hydrogen) atoms. The van der Waals surface area contributed by atoms with E-state index < -0.39 is 6.04 Å². The molecule has 0 bridgehead atoms. The summed E-state index contributed by atoms with van der Waals surface area (Å²) in [6.45, 7) is 4.13. The molecule has 2 aromatic rings. The number of halogens is 1. The Labute approximate surface area is 133 Å². The van der Waals surface area contributed by atoms with E-state index in [2.05, 4.69) is 34.9 Å². The molecule has 5 nitrogen and oxygen atoms in total. The summed E-state index contributed by atoms with van der Waals surface area (Å²) in [4.78, 5) is 0. The normalized spacial score (nSPS) is 12.5. The van der Waals surface area contributed by atoms with Gasteiger partial charge in [0.25, 0.3) is 0 Å². The van der Waals surface area contributed by atoms with Gasteiger partial charge in [0.2, 0.25) is 0 Å². The van der Waals surface area contributed by atoms with Gasteiger partial charge in [-0.3, -0.25) is 4.68 Å². The Morgan fingerprint density at radius 1 is 1.19 bits per heavy atom. The lowest BCUT2D eigenvalue weighted by Crippen LogP contribution is -2.20. The summed E-state index contributed by atoms with van der Waals surface area (Å²) in [5.74, 6) is 1.40. The van der Waals surface area contributed by atoms with E-state index in [4.69, 9.17) is 15.2 Å². The van der Waals surface area contributed by atoms with Gasteiger partial charge in [-0.05, 0) is 41.9 Å². The molecule has 0 amide bonds. The maximum atomic E-state index is 6.50. The van der Waals surface area contributed by atoms with Crippen LogP contribution in [0.3, 0.4) is 0 Å². The number of rotatable bonds is 5. The van der Waals surface area contributed by atoms with Crippen LogP contribution in [0.15, 0.2) is 28.9 Å². The highest BCUT2D eigenvalue weighted by molar-refractivity contribution is 9.10. The van der Waals surface area contributed by atoms with Gasteiger partial charge in [-0.2, -0.15) is 5.10 Å². The molecule has 0 saturated carbocycles. The maximum absolute atomic E-state index is 6.50. The Morgan fingerprint density at radius 3 is 2.24 bits per heavy atom. The lowest BCUT2D eigenvalue weighted by atomic mass is 10.0. The van der Waals surface area contributed by atoms with Crippen LogP contribution in [0.4, 0.5) is 0 Å². The lowest BCUT2D eigenvalue weighted by molar-refractivity contribution is 0.379. The van der Waals surface area contributed by atoms with Crippen molar-refractivity contribution in [2.45, 2.75) is 25.9 Å². The lowest BCUT2D eigenvalue weighted by Gasteiger charge is -2.21. The average Bonchev–Trinajstić information content (AvgIpc) is 2.87. The highest BCUT2D eigenvalue weighted by Gasteiger charge is 2.25. The van der Waals surface area contributed by atoms with Gasteiger partial charge < -0.3 is 15.2 Å². The van der Waals surface area contributed by atoms with E-state index in [9.17, 15) is 0 Å². The Bertz CT molecular complexity index is 603. The van der Waals surface area contributed by atoms with Crippen LogP contribution >= 0.6 is 15.9 Å². The largest absolute Gasteiger partial charge is 0.496 e. The first-order chi connectivity index (χ1) is 10.0. The molecule has 0 spiro atoms. The molecular weight excluding hydrogens is 334 g/mol. The van der Waals surface area contributed by atoms with E-state index in [0.717, 1.165) is 15.7 Å². The van der Waals surface area contributed by atoms with E-state index >= 15 is 0 Å². The summed E-state index contributed by atoms with van der Waals surface area (Å²) in [7, 11) is 3.25. The number of hydrogen-bond donors (Lipinski definition) is 1. The van der Waals surface area contributed by atoms with Gasteiger partial charge in [0.1, 0.15) is 11.5 Å². The average molecular weight is 354 g/mol. The second kappa shape index (κ2) is 6.49. The number of hydrogen-bond acceptors (Lipinski definition) is 4. The third-order valence-corrected chi connectivity index (χ3v) is 3.96. The second-order valence-corrected chi connectivity index (χ2v) is 5.82. The smallest absolute Gasteiger partial charge is 0.127 e. The van der Waals surface area contributed by atoms with Crippen molar-refractivity contribution in [3.8, 4) is 11.5 Å². The molecule has 0 aliphatic carbocycles. The minimum absolute atomic E-state index is 0.207. The van der Waals surface area contributed by atoms with Crippen LogP contribution < -0.4 is 15.2 Å². The standard InChI is InChI=1S/C15H20BrN3O2/c1-9(2)19-15(10(16)8-18-19)14(17)13-11(20-3)6-5-7-12(13)21-4/h5-9,14H,17H2,1-4H3. The molecule has 0 saturated heterocycles. The summed E-state index contributed by atoms with van der Waals surface area (Å²) in [6, 6.07) is 5.43. The molecule has 1 atom stereocenters. The van der Waals surface area contributed by atoms with Gasteiger partial charge in [0.15, 0.2) is 0 Å². The number of benzene rings is 1. The Morgan fingerprint density at radius 2 is 1.76 bits per heavy atom. The summed E-state index contributed by atoms with van der Waals surface area (Å²) in [5.41, 5.74) is 8.21. The minimum Gasteiger partial charge on any atom is -0.496 e. The summed E-state index contributed by atoms with van der Waals surface area (Å²) in [6.07, 6.45) is 1.76. The SMILES string of the molecule is COc1cccc(OC)c1C(N)c1c(Br)cnn1C(C)C. The zero-order chi connectivity index (χ0) is 15.6. The second-order valence-electron chi connectivity index (χ2n) is 4.97. The molecule has 0 aliphatic rings. The first kappa shape index (κ1) is 15.9. The minimum atomic E-state index is -0.407. The van der Waals surface area contributed by atoms with Crippen molar-refractivity contribution in [3.63, 3.8) is 0 Å². The van der Waals surface area contributed by atoms with Crippen molar-refractivity contribution in [2.24, 2.45) is 5.73 Å². The predicted molar refractivity (Wildman–Crippen MR) is 85.9 cm³/mol. The molecule has 2 N–H and O–H groups in total. The number of nitrogens with two attached hydrogens (primary N) is 1. The molecular formula is C15H20BrN3O2. The molecule has 0 fully saturated rings. The van der Waals surface area contributed by atoms with Gasteiger partial charge in [-0.25, -0.2) is 0 Å². The first-order valence-corrected chi connectivity index (χ1v) is 7.49. The maximum Gasteiger partial charge on any atom is 0.127 e. The number of ether oxygens (including phenoxy) is 2. The van der Waals surface area contributed by atoms with E-state index in [0.29, 0.717) is 11.5 Å². The summed E-state index contributed by atoms with van der Waals surface area (Å²) >= 11 is 3.53. The quantitative estimate of drug-likeness (QED) is 0.895. The van der Waals surface area contributed by atoms with Crippen LogP contribution in [0, 0.1) is 0 Å².